The van der Waals surface area contributed by atoms with Crippen LogP contribution in [-0.4, -0.2) is 62.8 Å². The average Bonchev–Trinajstić information content (AvgIpc) is 2.97. The first kappa shape index (κ1) is 22.2. The van der Waals surface area contributed by atoms with Gasteiger partial charge in [0.2, 0.25) is 10.0 Å². The van der Waals surface area contributed by atoms with Crippen LogP contribution in [0.4, 0.5) is 0 Å². The van der Waals surface area contributed by atoms with Crippen LogP contribution in [0.3, 0.4) is 0 Å². The molecule has 7 heteroatoms. The van der Waals surface area contributed by atoms with Gasteiger partial charge in [0.1, 0.15) is 0 Å². The summed E-state index contributed by atoms with van der Waals surface area (Å²) in [6, 6.07) is 4.91. The van der Waals surface area contributed by atoms with E-state index in [-0.39, 0.29) is 10.8 Å². The van der Waals surface area contributed by atoms with Gasteiger partial charge in [0, 0.05) is 31.7 Å². The van der Waals surface area contributed by atoms with Crippen molar-refractivity contribution in [2.24, 2.45) is 5.92 Å². The number of hydrogen-bond acceptors (Lipinski definition) is 4. The van der Waals surface area contributed by atoms with Gasteiger partial charge in [0.25, 0.3) is 5.91 Å². The predicted octanol–water partition coefficient (Wildman–Crippen LogP) is 3.02. The average molecular weight is 422 g/mol. The molecule has 0 radical (unpaired) electrons. The summed E-state index contributed by atoms with van der Waals surface area (Å²) in [5.74, 6) is 0.367. The standard InChI is InChI=1S/C22H35N3O3S/c1-18-9-14-25(15-10-18)29(27,28)20-8-7-19(2)21(17-20)22(26)23-11-16-24-12-5-3-4-6-13-24/h7-8,17-18H,3-6,9-16H2,1-2H3,(H,23,26). The second kappa shape index (κ2) is 10.0. The van der Waals surface area contributed by atoms with Crippen LogP contribution in [0.15, 0.2) is 23.1 Å². The topological polar surface area (TPSA) is 69.7 Å². The van der Waals surface area contributed by atoms with E-state index in [4.69, 9.17) is 0 Å². The minimum Gasteiger partial charge on any atom is -0.351 e. The number of benzene rings is 1. The second-order valence-electron chi connectivity index (χ2n) is 8.58. The molecule has 2 aliphatic heterocycles. The van der Waals surface area contributed by atoms with E-state index in [0.717, 1.165) is 38.0 Å². The Morgan fingerprint density at radius 2 is 1.72 bits per heavy atom. The lowest BCUT2D eigenvalue weighted by Gasteiger charge is -2.29. The lowest BCUT2D eigenvalue weighted by molar-refractivity contribution is 0.0947. The summed E-state index contributed by atoms with van der Waals surface area (Å²) in [6.07, 6.45) is 6.80. The Morgan fingerprint density at radius 1 is 1.07 bits per heavy atom. The molecule has 6 nitrogen and oxygen atoms in total. The van der Waals surface area contributed by atoms with Crippen molar-refractivity contribution >= 4 is 15.9 Å². The van der Waals surface area contributed by atoms with Gasteiger partial charge in [-0.05, 0) is 69.3 Å². The van der Waals surface area contributed by atoms with E-state index in [1.807, 2.05) is 6.92 Å². The fraction of sp³-hybridized carbons (Fsp3) is 0.682. The first-order valence-electron chi connectivity index (χ1n) is 11.0. The molecule has 2 fully saturated rings. The van der Waals surface area contributed by atoms with Gasteiger partial charge in [0.05, 0.1) is 4.90 Å². The molecule has 0 saturated carbocycles. The van der Waals surface area contributed by atoms with E-state index in [1.54, 1.807) is 22.5 Å². The maximum atomic E-state index is 13.0. The summed E-state index contributed by atoms with van der Waals surface area (Å²) in [5.41, 5.74) is 1.25. The number of likely N-dealkylation sites (tertiary alicyclic amines) is 1. The molecule has 3 rings (SSSR count). The van der Waals surface area contributed by atoms with Crippen LogP contribution in [0.2, 0.25) is 0 Å². The van der Waals surface area contributed by atoms with Gasteiger partial charge in [-0.15, -0.1) is 0 Å². The molecule has 1 aromatic rings. The highest BCUT2D eigenvalue weighted by Gasteiger charge is 2.28. The van der Waals surface area contributed by atoms with Crippen molar-refractivity contribution in [3.8, 4) is 0 Å². The van der Waals surface area contributed by atoms with E-state index in [9.17, 15) is 13.2 Å². The van der Waals surface area contributed by atoms with Crippen LogP contribution >= 0.6 is 0 Å². The summed E-state index contributed by atoms with van der Waals surface area (Å²) in [4.78, 5) is 15.4. The van der Waals surface area contributed by atoms with E-state index < -0.39 is 10.0 Å². The highest BCUT2D eigenvalue weighted by atomic mass is 32.2. The fourth-order valence-electron chi connectivity index (χ4n) is 4.16. The molecule has 0 spiro atoms. The number of amides is 1. The largest absolute Gasteiger partial charge is 0.351 e. The van der Waals surface area contributed by atoms with Gasteiger partial charge in [-0.3, -0.25) is 4.79 Å². The van der Waals surface area contributed by atoms with Crippen molar-refractivity contribution in [1.29, 1.82) is 0 Å². The van der Waals surface area contributed by atoms with Crippen molar-refractivity contribution in [1.82, 2.24) is 14.5 Å². The number of nitrogens with one attached hydrogen (secondary N) is 1. The van der Waals surface area contributed by atoms with Crippen LogP contribution in [0, 0.1) is 12.8 Å². The summed E-state index contributed by atoms with van der Waals surface area (Å²) in [7, 11) is -3.55. The number of sulfonamides is 1. The van der Waals surface area contributed by atoms with E-state index in [0.29, 0.717) is 31.1 Å². The van der Waals surface area contributed by atoms with Gasteiger partial charge in [-0.2, -0.15) is 4.31 Å². The lowest BCUT2D eigenvalue weighted by atomic mass is 10.0. The minimum absolute atomic E-state index is 0.193. The van der Waals surface area contributed by atoms with Gasteiger partial charge in [-0.25, -0.2) is 8.42 Å². The third-order valence-electron chi connectivity index (χ3n) is 6.25. The number of rotatable bonds is 6. The van der Waals surface area contributed by atoms with Crippen LogP contribution < -0.4 is 5.32 Å². The van der Waals surface area contributed by atoms with Crippen LogP contribution in [0.1, 0.15) is 61.4 Å². The van der Waals surface area contributed by atoms with Crippen molar-refractivity contribution in [2.75, 3.05) is 39.3 Å². The third-order valence-corrected chi connectivity index (χ3v) is 8.14. The van der Waals surface area contributed by atoms with Gasteiger partial charge in [0.15, 0.2) is 0 Å². The monoisotopic (exact) mass is 421 g/mol. The zero-order valence-corrected chi connectivity index (χ0v) is 18.6. The Labute approximate surface area is 175 Å². The van der Waals surface area contributed by atoms with Crippen molar-refractivity contribution < 1.29 is 13.2 Å². The molecule has 1 N–H and O–H groups in total. The quantitative estimate of drug-likeness (QED) is 0.767. The van der Waals surface area contributed by atoms with Crippen LogP contribution in [0.25, 0.3) is 0 Å². The summed E-state index contributed by atoms with van der Waals surface area (Å²) >= 11 is 0. The Bertz CT molecular complexity index is 794. The molecule has 0 atom stereocenters. The van der Waals surface area contributed by atoms with E-state index in [2.05, 4.69) is 17.1 Å². The lowest BCUT2D eigenvalue weighted by Crippen LogP contribution is -2.38. The number of carbonyl (C=O) groups is 1. The highest BCUT2D eigenvalue weighted by Crippen LogP contribution is 2.25. The number of hydrogen-bond donors (Lipinski definition) is 1. The normalized spacial score (nSPS) is 20.3. The van der Waals surface area contributed by atoms with Gasteiger partial charge >= 0.3 is 0 Å². The van der Waals surface area contributed by atoms with Crippen molar-refractivity contribution in [2.45, 2.75) is 57.3 Å². The van der Waals surface area contributed by atoms with E-state index >= 15 is 0 Å². The molecule has 0 bridgehead atoms. The minimum atomic E-state index is -3.55. The number of piperidine rings is 1. The summed E-state index contributed by atoms with van der Waals surface area (Å²) in [6.45, 7) is 8.72. The molecule has 1 amide bonds. The zero-order chi connectivity index (χ0) is 20.9. The molecular weight excluding hydrogens is 386 g/mol. The van der Waals surface area contributed by atoms with Crippen molar-refractivity contribution in [3.63, 3.8) is 0 Å². The Kier molecular flexibility index (Phi) is 7.71. The number of aryl methyl sites for hydroxylation is 1. The number of carbonyl (C=O) groups excluding carboxylic acids is 1. The molecule has 0 aromatic heterocycles. The van der Waals surface area contributed by atoms with Crippen LogP contribution in [0.5, 0.6) is 0 Å². The maximum Gasteiger partial charge on any atom is 0.251 e. The first-order valence-corrected chi connectivity index (χ1v) is 12.4. The first-order chi connectivity index (χ1) is 13.9. The highest BCUT2D eigenvalue weighted by molar-refractivity contribution is 7.89. The molecule has 0 unspecified atom stereocenters. The second-order valence-corrected chi connectivity index (χ2v) is 10.5. The molecule has 2 heterocycles. The zero-order valence-electron chi connectivity index (χ0n) is 17.8. The Hall–Kier alpha value is -1.44. The van der Waals surface area contributed by atoms with Crippen molar-refractivity contribution in [3.05, 3.63) is 29.3 Å². The summed E-state index contributed by atoms with van der Waals surface area (Å²) < 4.78 is 27.6. The Morgan fingerprint density at radius 3 is 2.38 bits per heavy atom. The molecule has 1 aromatic carbocycles. The predicted molar refractivity (Wildman–Crippen MR) is 116 cm³/mol. The molecular formula is C22H35N3O3S. The molecule has 2 saturated heterocycles. The smallest absolute Gasteiger partial charge is 0.251 e. The van der Waals surface area contributed by atoms with Crippen LogP contribution in [-0.2, 0) is 10.0 Å². The van der Waals surface area contributed by atoms with Gasteiger partial charge in [-0.1, -0.05) is 25.8 Å². The van der Waals surface area contributed by atoms with E-state index in [1.165, 1.54) is 25.7 Å². The maximum absolute atomic E-state index is 13.0. The SMILES string of the molecule is Cc1ccc(S(=O)(=O)N2CCC(C)CC2)cc1C(=O)NCCN1CCCCCC1. The molecule has 0 aliphatic carbocycles. The summed E-state index contributed by atoms with van der Waals surface area (Å²) in [5, 5.41) is 2.98. The van der Waals surface area contributed by atoms with Gasteiger partial charge < -0.3 is 10.2 Å². The fourth-order valence-corrected chi connectivity index (χ4v) is 5.66. The number of nitrogens with zero attached hydrogens (tertiary/aromatic N) is 2. The third kappa shape index (κ3) is 5.80. The molecule has 29 heavy (non-hydrogen) atoms. The molecule has 162 valence electrons. The molecule has 2 aliphatic rings. The Balaban J connectivity index is 1.64.